The number of nitrogens with one attached hydrogen (secondary N) is 1. The summed E-state index contributed by atoms with van der Waals surface area (Å²) in [4.78, 5) is 11.4. The molecule has 0 aliphatic heterocycles. The number of aryl methyl sites for hydroxylation is 1. The monoisotopic (exact) mass is 280 g/mol. The van der Waals surface area contributed by atoms with Gasteiger partial charge in [-0.3, -0.25) is 0 Å². The third-order valence-corrected chi connectivity index (χ3v) is 3.05. The van der Waals surface area contributed by atoms with Crippen molar-refractivity contribution in [3.8, 4) is 0 Å². The molecule has 114 valence electrons. The van der Waals surface area contributed by atoms with Crippen LogP contribution in [0.15, 0.2) is 6.07 Å². The van der Waals surface area contributed by atoms with Gasteiger partial charge in [-0.15, -0.1) is 0 Å². The fourth-order valence-corrected chi connectivity index (χ4v) is 1.90. The van der Waals surface area contributed by atoms with Crippen LogP contribution in [0.2, 0.25) is 0 Å². The van der Waals surface area contributed by atoms with E-state index in [1.54, 1.807) is 0 Å². The lowest BCUT2D eigenvalue weighted by atomic mass is 10.3. The first-order chi connectivity index (χ1) is 9.74. The zero-order valence-corrected chi connectivity index (χ0v) is 13.3. The van der Waals surface area contributed by atoms with Crippen LogP contribution >= 0.6 is 0 Å². The van der Waals surface area contributed by atoms with Crippen LogP contribution in [-0.4, -0.2) is 42.8 Å². The molecule has 1 heterocycles. The Balaban J connectivity index is 2.83. The number of hydrogen-bond donors (Lipinski definition) is 1. The Labute approximate surface area is 122 Å². The minimum Gasteiger partial charge on any atom is -0.380 e. The van der Waals surface area contributed by atoms with Crippen molar-refractivity contribution in [1.82, 2.24) is 9.97 Å². The molecule has 0 saturated heterocycles. The Hall–Kier alpha value is -1.36. The summed E-state index contributed by atoms with van der Waals surface area (Å²) in [7, 11) is 0. The maximum absolute atomic E-state index is 5.44. The molecular weight excluding hydrogens is 252 g/mol. The van der Waals surface area contributed by atoms with E-state index in [1.165, 1.54) is 0 Å². The Kier molecular flexibility index (Phi) is 7.95. The highest BCUT2D eigenvalue weighted by atomic mass is 16.5. The van der Waals surface area contributed by atoms with Gasteiger partial charge >= 0.3 is 0 Å². The number of rotatable bonds is 10. The SMILES string of the molecule is CCCNc1cc(N(CC)CCOCC)nc(CC)n1. The van der Waals surface area contributed by atoms with Gasteiger partial charge in [-0.2, -0.15) is 0 Å². The summed E-state index contributed by atoms with van der Waals surface area (Å²) in [6.45, 7) is 12.6. The highest BCUT2D eigenvalue weighted by Gasteiger charge is 2.09. The van der Waals surface area contributed by atoms with Crippen LogP contribution in [0.25, 0.3) is 0 Å². The second-order valence-corrected chi connectivity index (χ2v) is 4.58. The number of ether oxygens (including phenoxy) is 1. The van der Waals surface area contributed by atoms with Crippen molar-refractivity contribution < 1.29 is 4.74 Å². The van der Waals surface area contributed by atoms with Crippen molar-refractivity contribution in [3.05, 3.63) is 11.9 Å². The maximum atomic E-state index is 5.44. The largest absolute Gasteiger partial charge is 0.380 e. The topological polar surface area (TPSA) is 50.3 Å². The fourth-order valence-electron chi connectivity index (χ4n) is 1.90. The molecule has 0 amide bonds. The number of likely N-dealkylation sites (N-methyl/N-ethyl adjacent to an activating group) is 1. The maximum Gasteiger partial charge on any atom is 0.134 e. The number of hydrogen-bond acceptors (Lipinski definition) is 5. The van der Waals surface area contributed by atoms with Crippen molar-refractivity contribution in [2.24, 2.45) is 0 Å². The Morgan fingerprint density at radius 1 is 1.20 bits per heavy atom. The van der Waals surface area contributed by atoms with Crippen LogP contribution in [0.3, 0.4) is 0 Å². The molecule has 0 aromatic carbocycles. The first-order valence-corrected chi connectivity index (χ1v) is 7.69. The zero-order chi connectivity index (χ0) is 14.8. The number of nitrogens with zero attached hydrogens (tertiary/aromatic N) is 3. The van der Waals surface area contributed by atoms with Crippen molar-refractivity contribution in [2.75, 3.05) is 43.1 Å². The lowest BCUT2D eigenvalue weighted by Crippen LogP contribution is -2.28. The lowest BCUT2D eigenvalue weighted by Gasteiger charge is -2.22. The highest BCUT2D eigenvalue weighted by molar-refractivity contribution is 5.49. The minimum atomic E-state index is 0.730. The standard InChI is InChI=1S/C15H28N4O/c1-5-9-16-14-12-15(18-13(6-2)17-14)19(7-3)10-11-20-8-4/h12H,5-11H2,1-4H3,(H,16,17,18). The third-order valence-electron chi connectivity index (χ3n) is 3.05. The molecule has 1 aromatic rings. The summed E-state index contributed by atoms with van der Waals surface area (Å²) >= 11 is 0. The van der Waals surface area contributed by atoms with E-state index >= 15 is 0 Å². The molecule has 0 aliphatic carbocycles. The molecule has 5 nitrogen and oxygen atoms in total. The van der Waals surface area contributed by atoms with Gasteiger partial charge in [0.25, 0.3) is 0 Å². The van der Waals surface area contributed by atoms with Crippen molar-refractivity contribution in [1.29, 1.82) is 0 Å². The van der Waals surface area contributed by atoms with E-state index < -0.39 is 0 Å². The van der Waals surface area contributed by atoms with Crippen LogP contribution in [-0.2, 0) is 11.2 Å². The second kappa shape index (κ2) is 9.53. The summed E-state index contributed by atoms with van der Waals surface area (Å²) < 4.78 is 5.44. The van der Waals surface area contributed by atoms with Gasteiger partial charge in [0.15, 0.2) is 0 Å². The minimum absolute atomic E-state index is 0.730. The summed E-state index contributed by atoms with van der Waals surface area (Å²) in [5, 5.41) is 3.35. The van der Waals surface area contributed by atoms with E-state index in [-0.39, 0.29) is 0 Å². The molecule has 0 aliphatic rings. The highest BCUT2D eigenvalue weighted by Crippen LogP contribution is 2.16. The van der Waals surface area contributed by atoms with Crippen LogP contribution in [0.5, 0.6) is 0 Å². The van der Waals surface area contributed by atoms with Gasteiger partial charge in [-0.25, -0.2) is 9.97 Å². The normalized spacial score (nSPS) is 10.6. The molecule has 0 bridgehead atoms. The summed E-state index contributed by atoms with van der Waals surface area (Å²) in [6, 6.07) is 2.03. The smallest absolute Gasteiger partial charge is 0.134 e. The fraction of sp³-hybridized carbons (Fsp3) is 0.733. The number of anilines is 2. The molecule has 5 heteroatoms. The molecule has 1 aromatic heterocycles. The molecule has 0 fully saturated rings. The summed E-state index contributed by atoms with van der Waals surface area (Å²) in [5.41, 5.74) is 0. The van der Waals surface area contributed by atoms with E-state index in [9.17, 15) is 0 Å². The predicted octanol–water partition coefficient (Wildman–Crippen LogP) is 2.72. The number of aromatic nitrogens is 2. The quantitative estimate of drug-likeness (QED) is 0.668. The predicted molar refractivity (Wildman–Crippen MR) is 84.6 cm³/mol. The molecule has 0 unspecified atom stereocenters. The summed E-state index contributed by atoms with van der Waals surface area (Å²) in [6.07, 6.45) is 1.93. The van der Waals surface area contributed by atoms with E-state index in [0.717, 1.165) is 63.1 Å². The molecule has 0 saturated carbocycles. The average Bonchev–Trinajstić information content (AvgIpc) is 2.49. The van der Waals surface area contributed by atoms with Crippen molar-refractivity contribution in [2.45, 2.75) is 40.5 Å². The Morgan fingerprint density at radius 3 is 2.60 bits per heavy atom. The van der Waals surface area contributed by atoms with Gasteiger partial charge in [0.2, 0.25) is 0 Å². The first kappa shape index (κ1) is 16.7. The van der Waals surface area contributed by atoms with Crippen LogP contribution in [0, 0.1) is 0 Å². The van der Waals surface area contributed by atoms with E-state index in [0.29, 0.717) is 0 Å². The van der Waals surface area contributed by atoms with E-state index in [2.05, 4.69) is 41.0 Å². The van der Waals surface area contributed by atoms with E-state index in [1.807, 2.05) is 13.0 Å². The van der Waals surface area contributed by atoms with Crippen molar-refractivity contribution >= 4 is 11.6 Å². The van der Waals surface area contributed by atoms with Gasteiger partial charge in [0, 0.05) is 38.7 Å². The molecule has 1 rings (SSSR count). The zero-order valence-electron chi connectivity index (χ0n) is 13.3. The van der Waals surface area contributed by atoms with Crippen LogP contribution in [0.4, 0.5) is 11.6 Å². The van der Waals surface area contributed by atoms with Crippen molar-refractivity contribution in [3.63, 3.8) is 0 Å². The molecule has 0 atom stereocenters. The first-order valence-electron chi connectivity index (χ1n) is 7.69. The average molecular weight is 280 g/mol. The van der Waals surface area contributed by atoms with Gasteiger partial charge in [-0.1, -0.05) is 13.8 Å². The van der Waals surface area contributed by atoms with Gasteiger partial charge < -0.3 is 15.0 Å². The molecule has 1 N–H and O–H groups in total. The van der Waals surface area contributed by atoms with Gasteiger partial charge in [0.1, 0.15) is 17.5 Å². The van der Waals surface area contributed by atoms with E-state index in [4.69, 9.17) is 4.74 Å². The molecule has 20 heavy (non-hydrogen) atoms. The Bertz CT molecular complexity index is 384. The summed E-state index contributed by atoms with van der Waals surface area (Å²) in [5.74, 6) is 2.79. The van der Waals surface area contributed by atoms with Crippen LogP contribution < -0.4 is 10.2 Å². The lowest BCUT2D eigenvalue weighted by molar-refractivity contribution is 0.154. The molecular formula is C15H28N4O. The van der Waals surface area contributed by atoms with Gasteiger partial charge in [0.05, 0.1) is 6.61 Å². The van der Waals surface area contributed by atoms with Gasteiger partial charge in [-0.05, 0) is 20.3 Å². The Morgan fingerprint density at radius 2 is 2.00 bits per heavy atom. The second-order valence-electron chi connectivity index (χ2n) is 4.58. The third kappa shape index (κ3) is 5.33. The molecule has 0 spiro atoms. The van der Waals surface area contributed by atoms with Crippen LogP contribution in [0.1, 0.15) is 39.9 Å². The molecule has 0 radical (unpaired) electrons.